The van der Waals surface area contributed by atoms with Crippen LogP contribution in [0.15, 0.2) is 0 Å². The summed E-state index contributed by atoms with van der Waals surface area (Å²) in [5.74, 6) is 0.507. The summed E-state index contributed by atoms with van der Waals surface area (Å²) < 4.78 is 23.9. The molecule has 0 rings (SSSR count). The molecule has 0 aliphatic heterocycles. The van der Waals surface area contributed by atoms with Gasteiger partial charge in [-0.15, -0.1) is 0 Å². The first kappa shape index (κ1) is 16.9. The molecule has 104 valence electrons. The number of unbranched alkanes of at least 4 members (excludes halogenated alkanes) is 1. The van der Waals surface area contributed by atoms with Crippen LogP contribution in [0.1, 0.15) is 53.9 Å². The van der Waals surface area contributed by atoms with Crippen molar-refractivity contribution < 1.29 is 8.42 Å². The van der Waals surface area contributed by atoms with Crippen molar-refractivity contribution in [3.05, 3.63) is 0 Å². The third-order valence-corrected chi connectivity index (χ3v) is 6.13. The molecular formula is C13H29NO2S. The maximum Gasteiger partial charge on any atom is 0.153 e. The third kappa shape index (κ3) is 6.41. The van der Waals surface area contributed by atoms with E-state index in [1.54, 1.807) is 0 Å². The Balaban J connectivity index is 4.06. The van der Waals surface area contributed by atoms with E-state index in [0.717, 1.165) is 19.3 Å². The molecule has 0 bridgehead atoms. The fraction of sp³-hybridized carbons (Fsp3) is 1.00. The molecule has 0 aromatic rings. The van der Waals surface area contributed by atoms with E-state index in [1.807, 2.05) is 20.8 Å². The number of hydrogen-bond donors (Lipinski definition) is 1. The Kier molecular flexibility index (Phi) is 6.70. The highest BCUT2D eigenvalue weighted by atomic mass is 32.2. The second-order valence-corrected chi connectivity index (χ2v) is 8.62. The zero-order valence-corrected chi connectivity index (χ0v) is 12.8. The Labute approximate surface area is 107 Å². The maximum absolute atomic E-state index is 11.9. The molecule has 0 spiro atoms. The van der Waals surface area contributed by atoms with Gasteiger partial charge < -0.3 is 5.73 Å². The van der Waals surface area contributed by atoms with Crippen LogP contribution in [0, 0.1) is 11.3 Å². The van der Waals surface area contributed by atoms with E-state index < -0.39 is 9.84 Å². The molecule has 0 aliphatic carbocycles. The average Bonchev–Trinajstić information content (AvgIpc) is 2.23. The highest BCUT2D eigenvalue weighted by molar-refractivity contribution is 7.92. The summed E-state index contributed by atoms with van der Waals surface area (Å²) in [5.41, 5.74) is 5.78. The SMILES string of the molecule is CC(C)C(C)S(=O)(=O)CCCCC(C)(C)CN. The molecule has 0 fully saturated rings. The summed E-state index contributed by atoms with van der Waals surface area (Å²) >= 11 is 0. The molecule has 1 unspecified atom stereocenters. The molecule has 2 N–H and O–H groups in total. The van der Waals surface area contributed by atoms with Crippen molar-refractivity contribution in [3.63, 3.8) is 0 Å². The van der Waals surface area contributed by atoms with Crippen molar-refractivity contribution in [2.24, 2.45) is 17.1 Å². The Morgan fingerprint density at radius 2 is 1.65 bits per heavy atom. The van der Waals surface area contributed by atoms with Crippen molar-refractivity contribution in [1.82, 2.24) is 0 Å². The largest absolute Gasteiger partial charge is 0.330 e. The first-order valence-corrected chi connectivity index (χ1v) is 8.25. The molecule has 0 amide bonds. The predicted molar refractivity (Wildman–Crippen MR) is 74.8 cm³/mol. The van der Waals surface area contributed by atoms with Crippen LogP contribution in [0.2, 0.25) is 0 Å². The quantitative estimate of drug-likeness (QED) is 0.685. The van der Waals surface area contributed by atoms with E-state index in [9.17, 15) is 8.42 Å². The van der Waals surface area contributed by atoms with Gasteiger partial charge in [0.05, 0.1) is 11.0 Å². The topological polar surface area (TPSA) is 60.2 Å². The van der Waals surface area contributed by atoms with Crippen LogP contribution in [0.5, 0.6) is 0 Å². The van der Waals surface area contributed by atoms with Crippen LogP contribution in [-0.4, -0.2) is 26.0 Å². The average molecular weight is 263 g/mol. The summed E-state index contributed by atoms with van der Waals surface area (Å²) in [7, 11) is -2.92. The molecule has 0 saturated heterocycles. The van der Waals surface area contributed by atoms with Gasteiger partial charge in [0.2, 0.25) is 0 Å². The Morgan fingerprint density at radius 1 is 1.12 bits per heavy atom. The lowest BCUT2D eigenvalue weighted by Crippen LogP contribution is -2.27. The highest BCUT2D eigenvalue weighted by Crippen LogP contribution is 2.22. The van der Waals surface area contributed by atoms with Crippen molar-refractivity contribution in [1.29, 1.82) is 0 Å². The molecule has 17 heavy (non-hydrogen) atoms. The smallest absolute Gasteiger partial charge is 0.153 e. The van der Waals surface area contributed by atoms with Crippen molar-refractivity contribution in [2.75, 3.05) is 12.3 Å². The summed E-state index contributed by atoms with van der Waals surface area (Å²) in [6.45, 7) is 10.6. The van der Waals surface area contributed by atoms with Gasteiger partial charge >= 0.3 is 0 Å². The fourth-order valence-electron chi connectivity index (χ4n) is 1.61. The number of rotatable bonds is 8. The Hall–Kier alpha value is -0.0900. The summed E-state index contributed by atoms with van der Waals surface area (Å²) in [6, 6.07) is 0. The molecule has 4 heteroatoms. The predicted octanol–water partition coefficient (Wildman–Crippen LogP) is 2.60. The van der Waals surface area contributed by atoms with Gasteiger partial charge in [0, 0.05) is 0 Å². The minimum absolute atomic E-state index is 0.132. The highest BCUT2D eigenvalue weighted by Gasteiger charge is 2.23. The summed E-state index contributed by atoms with van der Waals surface area (Å²) in [4.78, 5) is 0. The standard InChI is InChI=1S/C13H29NO2S/c1-11(2)12(3)17(15,16)9-7-6-8-13(4,5)10-14/h11-12H,6-10,14H2,1-5H3. The summed E-state index contributed by atoms with van der Waals surface area (Å²) in [5, 5.41) is -0.231. The van der Waals surface area contributed by atoms with Crippen molar-refractivity contribution in [3.8, 4) is 0 Å². The fourth-order valence-corrected chi connectivity index (χ4v) is 3.42. The van der Waals surface area contributed by atoms with E-state index in [-0.39, 0.29) is 16.6 Å². The van der Waals surface area contributed by atoms with Gasteiger partial charge in [0.15, 0.2) is 9.84 Å². The molecule has 0 heterocycles. The normalized spacial score (nSPS) is 15.2. The van der Waals surface area contributed by atoms with Crippen LogP contribution in [0.25, 0.3) is 0 Å². The molecule has 3 nitrogen and oxygen atoms in total. The Morgan fingerprint density at radius 3 is 2.06 bits per heavy atom. The van der Waals surface area contributed by atoms with Crippen LogP contribution in [0.4, 0.5) is 0 Å². The lowest BCUT2D eigenvalue weighted by molar-refractivity contribution is 0.335. The number of sulfone groups is 1. The van der Waals surface area contributed by atoms with E-state index >= 15 is 0 Å². The van der Waals surface area contributed by atoms with Crippen LogP contribution >= 0.6 is 0 Å². The zero-order valence-electron chi connectivity index (χ0n) is 12.0. The lowest BCUT2D eigenvalue weighted by Gasteiger charge is -2.22. The van der Waals surface area contributed by atoms with Crippen molar-refractivity contribution in [2.45, 2.75) is 59.1 Å². The van der Waals surface area contributed by atoms with Gasteiger partial charge in [-0.05, 0) is 37.6 Å². The summed E-state index contributed by atoms with van der Waals surface area (Å²) in [6.07, 6.45) is 2.69. The molecule has 0 saturated carbocycles. The van der Waals surface area contributed by atoms with Gasteiger partial charge in [0.1, 0.15) is 0 Å². The molecule has 0 aromatic carbocycles. The third-order valence-electron chi connectivity index (χ3n) is 3.59. The molecular weight excluding hydrogens is 234 g/mol. The van der Waals surface area contributed by atoms with Crippen LogP contribution < -0.4 is 5.73 Å². The molecule has 0 radical (unpaired) electrons. The first-order chi connectivity index (χ1) is 7.62. The zero-order chi connectivity index (χ0) is 13.7. The minimum atomic E-state index is -2.92. The first-order valence-electron chi connectivity index (χ1n) is 6.54. The number of hydrogen-bond acceptors (Lipinski definition) is 3. The van der Waals surface area contributed by atoms with Gasteiger partial charge in [-0.1, -0.05) is 34.1 Å². The van der Waals surface area contributed by atoms with Crippen LogP contribution in [0.3, 0.4) is 0 Å². The second-order valence-electron chi connectivity index (χ2n) is 6.14. The van der Waals surface area contributed by atoms with Gasteiger partial charge in [-0.3, -0.25) is 0 Å². The molecule has 1 atom stereocenters. The monoisotopic (exact) mass is 263 g/mol. The van der Waals surface area contributed by atoms with E-state index in [4.69, 9.17) is 5.73 Å². The van der Waals surface area contributed by atoms with Gasteiger partial charge in [0.25, 0.3) is 0 Å². The van der Waals surface area contributed by atoms with Gasteiger partial charge in [-0.25, -0.2) is 8.42 Å². The van der Waals surface area contributed by atoms with E-state index in [0.29, 0.717) is 12.3 Å². The van der Waals surface area contributed by atoms with E-state index in [1.165, 1.54) is 0 Å². The van der Waals surface area contributed by atoms with Gasteiger partial charge in [-0.2, -0.15) is 0 Å². The minimum Gasteiger partial charge on any atom is -0.330 e. The van der Waals surface area contributed by atoms with Crippen LogP contribution in [-0.2, 0) is 9.84 Å². The second kappa shape index (κ2) is 6.74. The van der Waals surface area contributed by atoms with E-state index in [2.05, 4.69) is 13.8 Å². The number of nitrogens with two attached hydrogens (primary N) is 1. The lowest BCUT2D eigenvalue weighted by atomic mass is 9.88. The molecule has 0 aromatic heterocycles. The van der Waals surface area contributed by atoms with Crippen molar-refractivity contribution >= 4 is 9.84 Å². The Bertz CT molecular complexity index is 307. The molecule has 0 aliphatic rings. The maximum atomic E-state index is 11.9.